The molecule has 2 aliphatic rings. The molecule has 3 atom stereocenters. The van der Waals surface area contributed by atoms with Crippen LogP contribution in [0.2, 0.25) is 0 Å². The van der Waals surface area contributed by atoms with Gasteiger partial charge in [-0.3, -0.25) is 4.79 Å². The fraction of sp³-hybridized carbons (Fsp3) is 0.769. The van der Waals surface area contributed by atoms with Crippen molar-refractivity contribution in [1.82, 2.24) is 5.32 Å². The van der Waals surface area contributed by atoms with Crippen molar-refractivity contribution in [2.75, 3.05) is 0 Å². The third-order valence-corrected chi connectivity index (χ3v) is 5.30. The zero-order chi connectivity index (χ0) is 11.3. The predicted octanol–water partition coefficient (Wildman–Crippen LogP) is 2.50. The minimum Gasteiger partial charge on any atom is -0.349 e. The molecule has 2 fully saturated rings. The molecular formula is C13H21NO. The second kappa shape index (κ2) is 3.10. The molecule has 0 spiro atoms. The molecule has 0 heterocycles. The maximum absolute atomic E-state index is 11.4. The zero-order valence-corrected chi connectivity index (χ0v) is 9.97. The van der Waals surface area contributed by atoms with Gasteiger partial charge in [0.1, 0.15) is 0 Å². The molecule has 1 unspecified atom stereocenters. The van der Waals surface area contributed by atoms with Crippen LogP contribution in [0.5, 0.6) is 0 Å². The van der Waals surface area contributed by atoms with Gasteiger partial charge in [0.25, 0.3) is 0 Å². The average molecular weight is 207 g/mol. The summed E-state index contributed by atoms with van der Waals surface area (Å²) in [6.45, 7) is 10.5. The minimum atomic E-state index is -0.0235. The largest absolute Gasteiger partial charge is 0.349 e. The van der Waals surface area contributed by atoms with Crippen LogP contribution in [0.25, 0.3) is 0 Å². The number of rotatable bonds is 2. The number of fused-ring (bicyclic) bond motifs is 2. The highest BCUT2D eigenvalue weighted by Gasteiger charge is 2.61. The Morgan fingerprint density at radius 1 is 1.47 bits per heavy atom. The van der Waals surface area contributed by atoms with Gasteiger partial charge in [-0.2, -0.15) is 0 Å². The summed E-state index contributed by atoms with van der Waals surface area (Å²) in [6, 6.07) is 0.344. The number of amides is 1. The third-order valence-electron chi connectivity index (χ3n) is 5.30. The highest BCUT2D eigenvalue weighted by atomic mass is 16.1. The molecule has 2 aliphatic carbocycles. The van der Waals surface area contributed by atoms with Crippen molar-refractivity contribution in [3.63, 3.8) is 0 Å². The topological polar surface area (TPSA) is 29.1 Å². The van der Waals surface area contributed by atoms with Crippen molar-refractivity contribution in [2.45, 2.75) is 46.1 Å². The molecule has 2 rings (SSSR count). The van der Waals surface area contributed by atoms with E-state index in [0.717, 1.165) is 12.3 Å². The first-order valence-electron chi connectivity index (χ1n) is 5.85. The predicted molar refractivity (Wildman–Crippen MR) is 61.4 cm³/mol. The molecule has 0 radical (unpaired) electrons. The van der Waals surface area contributed by atoms with Crippen LogP contribution >= 0.6 is 0 Å². The van der Waals surface area contributed by atoms with Crippen molar-refractivity contribution in [1.29, 1.82) is 0 Å². The van der Waals surface area contributed by atoms with E-state index in [9.17, 15) is 4.79 Å². The molecule has 2 bridgehead atoms. The van der Waals surface area contributed by atoms with E-state index >= 15 is 0 Å². The molecule has 2 saturated carbocycles. The molecule has 0 aromatic heterocycles. The third kappa shape index (κ3) is 1.27. The highest BCUT2D eigenvalue weighted by Crippen LogP contribution is 2.65. The van der Waals surface area contributed by atoms with E-state index in [4.69, 9.17) is 0 Å². The van der Waals surface area contributed by atoms with Gasteiger partial charge in [0.2, 0.25) is 5.91 Å². The summed E-state index contributed by atoms with van der Waals surface area (Å²) in [6.07, 6.45) is 5.09. The van der Waals surface area contributed by atoms with E-state index in [0.29, 0.717) is 11.5 Å². The van der Waals surface area contributed by atoms with E-state index in [-0.39, 0.29) is 11.3 Å². The Bertz CT molecular complexity index is 308. The summed E-state index contributed by atoms with van der Waals surface area (Å²) in [7, 11) is 0. The molecule has 0 saturated heterocycles. The minimum absolute atomic E-state index is 0.0235. The van der Waals surface area contributed by atoms with Crippen molar-refractivity contribution < 1.29 is 4.79 Å². The number of carbonyl (C=O) groups is 1. The standard InChI is InChI=1S/C13H21NO/c1-5-11(15)14-10-8-9-6-7-13(10,4)12(9,2)3/h5,9-10H,1,6-8H2,2-4H3,(H,14,15)/t9-,10?,13+/m0/s1. The summed E-state index contributed by atoms with van der Waals surface area (Å²) in [5, 5.41) is 3.10. The Kier molecular flexibility index (Phi) is 2.21. The maximum Gasteiger partial charge on any atom is 0.243 e. The van der Waals surface area contributed by atoms with Crippen LogP contribution in [0.3, 0.4) is 0 Å². The van der Waals surface area contributed by atoms with Crippen LogP contribution in [0, 0.1) is 16.7 Å². The summed E-state index contributed by atoms with van der Waals surface area (Å²) in [5.74, 6) is 0.752. The summed E-state index contributed by atoms with van der Waals surface area (Å²) >= 11 is 0. The van der Waals surface area contributed by atoms with Crippen LogP contribution in [-0.2, 0) is 4.79 Å². The molecule has 15 heavy (non-hydrogen) atoms. The Hall–Kier alpha value is -0.790. The first-order valence-corrected chi connectivity index (χ1v) is 5.85. The fourth-order valence-electron chi connectivity index (χ4n) is 3.65. The van der Waals surface area contributed by atoms with Gasteiger partial charge in [0, 0.05) is 6.04 Å². The van der Waals surface area contributed by atoms with Gasteiger partial charge in [-0.05, 0) is 42.1 Å². The van der Waals surface area contributed by atoms with Gasteiger partial charge in [-0.15, -0.1) is 0 Å². The van der Waals surface area contributed by atoms with Crippen LogP contribution in [0.4, 0.5) is 0 Å². The SMILES string of the molecule is C=CC(=O)NC1C[C@@H]2CC[C@@]1(C)C2(C)C. The fourth-order valence-corrected chi connectivity index (χ4v) is 3.65. The molecule has 2 heteroatoms. The smallest absolute Gasteiger partial charge is 0.243 e. The lowest BCUT2D eigenvalue weighted by molar-refractivity contribution is -0.118. The van der Waals surface area contributed by atoms with Crippen LogP contribution in [-0.4, -0.2) is 11.9 Å². The lowest BCUT2D eigenvalue weighted by Crippen LogP contribution is -2.46. The zero-order valence-electron chi connectivity index (χ0n) is 9.97. The lowest BCUT2D eigenvalue weighted by atomic mass is 9.69. The first-order chi connectivity index (χ1) is 6.91. The molecule has 2 nitrogen and oxygen atoms in total. The van der Waals surface area contributed by atoms with Gasteiger partial charge >= 0.3 is 0 Å². The van der Waals surface area contributed by atoms with E-state index in [1.807, 2.05) is 0 Å². The lowest BCUT2D eigenvalue weighted by Gasteiger charge is -2.39. The van der Waals surface area contributed by atoms with E-state index < -0.39 is 0 Å². The van der Waals surface area contributed by atoms with Crippen molar-refractivity contribution in [3.05, 3.63) is 12.7 Å². The quantitative estimate of drug-likeness (QED) is 0.693. The van der Waals surface area contributed by atoms with Crippen LogP contribution < -0.4 is 5.32 Å². The van der Waals surface area contributed by atoms with Crippen molar-refractivity contribution >= 4 is 5.91 Å². The summed E-state index contributed by atoms with van der Waals surface area (Å²) in [5.41, 5.74) is 0.641. The molecule has 84 valence electrons. The Labute approximate surface area is 92.1 Å². The molecule has 0 aromatic carbocycles. The van der Waals surface area contributed by atoms with E-state index in [1.165, 1.54) is 18.9 Å². The normalized spacial score (nSPS) is 41.5. The Morgan fingerprint density at radius 2 is 2.13 bits per heavy atom. The van der Waals surface area contributed by atoms with E-state index in [1.54, 1.807) is 0 Å². The average Bonchev–Trinajstić information content (AvgIpc) is 2.50. The van der Waals surface area contributed by atoms with Crippen LogP contribution in [0.1, 0.15) is 40.0 Å². The maximum atomic E-state index is 11.4. The molecule has 0 aliphatic heterocycles. The van der Waals surface area contributed by atoms with Gasteiger partial charge in [-0.1, -0.05) is 27.4 Å². The number of nitrogens with one attached hydrogen (secondary N) is 1. The summed E-state index contributed by atoms with van der Waals surface area (Å²) in [4.78, 5) is 11.4. The van der Waals surface area contributed by atoms with Crippen molar-refractivity contribution in [3.8, 4) is 0 Å². The number of hydrogen-bond donors (Lipinski definition) is 1. The second-order valence-corrected chi connectivity index (χ2v) is 5.88. The molecule has 1 amide bonds. The van der Waals surface area contributed by atoms with Gasteiger partial charge in [0.05, 0.1) is 0 Å². The molecule has 1 N–H and O–H groups in total. The molecular weight excluding hydrogens is 186 g/mol. The monoisotopic (exact) mass is 207 g/mol. The van der Waals surface area contributed by atoms with Crippen molar-refractivity contribution in [2.24, 2.45) is 16.7 Å². The molecule has 0 aromatic rings. The van der Waals surface area contributed by atoms with Crippen LogP contribution in [0.15, 0.2) is 12.7 Å². The number of hydrogen-bond acceptors (Lipinski definition) is 1. The Morgan fingerprint density at radius 3 is 2.53 bits per heavy atom. The first kappa shape index (κ1) is 10.7. The Balaban J connectivity index is 2.19. The van der Waals surface area contributed by atoms with Gasteiger partial charge in [-0.25, -0.2) is 0 Å². The number of carbonyl (C=O) groups excluding carboxylic acids is 1. The van der Waals surface area contributed by atoms with E-state index in [2.05, 4.69) is 32.7 Å². The highest BCUT2D eigenvalue weighted by molar-refractivity contribution is 5.87. The summed E-state index contributed by atoms with van der Waals surface area (Å²) < 4.78 is 0. The van der Waals surface area contributed by atoms with Gasteiger partial charge < -0.3 is 5.32 Å². The second-order valence-electron chi connectivity index (χ2n) is 5.88. The van der Waals surface area contributed by atoms with Gasteiger partial charge in [0.15, 0.2) is 0 Å².